The highest BCUT2D eigenvalue weighted by atomic mass is 16.3. The summed E-state index contributed by atoms with van der Waals surface area (Å²) in [5, 5.41) is 9.35. The standard InChI is InChI=1S/C12H19NO/c1-10-9-11(6-7-12(10)14)5-4-8-13(2)3/h6-7,9,14H,4-5,8H2,1-3H3. The van der Waals surface area contributed by atoms with Crippen LogP contribution in [-0.4, -0.2) is 30.6 Å². The van der Waals surface area contributed by atoms with Gasteiger partial charge in [0, 0.05) is 0 Å². The quantitative estimate of drug-likeness (QED) is 0.792. The van der Waals surface area contributed by atoms with Crippen molar-refractivity contribution in [1.29, 1.82) is 0 Å². The van der Waals surface area contributed by atoms with E-state index in [1.807, 2.05) is 13.0 Å². The molecule has 14 heavy (non-hydrogen) atoms. The summed E-state index contributed by atoms with van der Waals surface area (Å²) < 4.78 is 0. The average Bonchev–Trinajstić information content (AvgIpc) is 2.10. The van der Waals surface area contributed by atoms with Gasteiger partial charge in [0.25, 0.3) is 0 Å². The molecule has 0 aromatic heterocycles. The predicted octanol–water partition coefficient (Wildman–Crippen LogP) is 2.19. The molecule has 0 radical (unpaired) electrons. The molecule has 0 bridgehead atoms. The van der Waals surface area contributed by atoms with Crippen molar-refractivity contribution in [2.24, 2.45) is 0 Å². The van der Waals surface area contributed by atoms with Crippen molar-refractivity contribution in [3.05, 3.63) is 29.3 Å². The molecule has 0 atom stereocenters. The molecular formula is C12H19NO. The number of hydrogen-bond donors (Lipinski definition) is 1. The zero-order chi connectivity index (χ0) is 10.6. The number of phenolic OH excluding ortho intramolecular Hbond substituents is 1. The second-order valence-corrected chi connectivity index (χ2v) is 4.03. The Morgan fingerprint density at radius 2 is 2.00 bits per heavy atom. The molecule has 78 valence electrons. The SMILES string of the molecule is Cc1cc(CCCN(C)C)ccc1O. The van der Waals surface area contributed by atoms with Gasteiger partial charge in [0.1, 0.15) is 5.75 Å². The fraction of sp³-hybridized carbons (Fsp3) is 0.500. The minimum atomic E-state index is 0.390. The van der Waals surface area contributed by atoms with Gasteiger partial charge in [0.15, 0.2) is 0 Å². The van der Waals surface area contributed by atoms with E-state index in [1.165, 1.54) is 5.56 Å². The van der Waals surface area contributed by atoms with Crippen LogP contribution in [0, 0.1) is 6.92 Å². The monoisotopic (exact) mass is 193 g/mol. The summed E-state index contributed by atoms with van der Waals surface area (Å²) in [6.07, 6.45) is 2.25. The fourth-order valence-electron chi connectivity index (χ4n) is 1.47. The molecule has 1 aromatic carbocycles. The Labute approximate surface area is 86.2 Å². The lowest BCUT2D eigenvalue weighted by Gasteiger charge is -2.09. The number of hydrogen-bond acceptors (Lipinski definition) is 2. The zero-order valence-corrected chi connectivity index (χ0v) is 9.25. The van der Waals surface area contributed by atoms with Crippen LogP contribution >= 0.6 is 0 Å². The third-order valence-corrected chi connectivity index (χ3v) is 2.33. The van der Waals surface area contributed by atoms with E-state index >= 15 is 0 Å². The maximum atomic E-state index is 9.35. The molecule has 1 aromatic rings. The van der Waals surface area contributed by atoms with Crippen LogP contribution in [-0.2, 0) is 6.42 Å². The Kier molecular flexibility index (Phi) is 3.96. The van der Waals surface area contributed by atoms with Gasteiger partial charge in [-0.3, -0.25) is 0 Å². The molecular weight excluding hydrogens is 174 g/mol. The lowest BCUT2D eigenvalue weighted by molar-refractivity contribution is 0.400. The highest BCUT2D eigenvalue weighted by Crippen LogP contribution is 2.17. The Morgan fingerprint density at radius 3 is 2.57 bits per heavy atom. The Hall–Kier alpha value is -1.02. The molecule has 0 heterocycles. The van der Waals surface area contributed by atoms with Crippen molar-refractivity contribution < 1.29 is 5.11 Å². The average molecular weight is 193 g/mol. The van der Waals surface area contributed by atoms with Crippen LogP contribution in [0.4, 0.5) is 0 Å². The number of phenols is 1. The Balaban J connectivity index is 2.47. The molecule has 0 saturated heterocycles. The number of benzene rings is 1. The summed E-state index contributed by atoms with van der Waals surface area (Å²) in [4.78, 5) is 2.19. The predicted molar refractivity (Wildman–Crippen MR) is 59.7 cm³/mol. The zero-order valence-electron chi connectivity index (χ0n) is 9.25. The lowest BCUT2D eigenvalue weighted by atomic mass is 10.1. The van der Waals surface area contributed by atoms with E-state index < -0.39 is 0 Å². The molecule has 0 amide bonds. The summed E-state index contributed by atoms with van der Waals surface area (Å²) in [5.41, 5.74) is 2.27. The third kappa shape index (κ3) is 3.38. The molecule has 0 aliphatic carbocycles. The minimum absolute atomic E-state index is 0.390. The Morgan fingerprint density at radius 1 is 1.29 bits per heavy atom. The van der Waals surface area contributed by atoms with E-state index in [-0.39, 0.29) is 0 Å². The highest BCUT2D eigenvalue weighted by molar-refractivity contribution is 5.34. The van der Waals surface area contributed by atoms with Crippen LogP contribution < -0.4 is 0 Å². The number of aryl methyl sites for hydroxylation is 2. The van der Waals surface area contributed by atoms with Crippen molar-refractivity contribution in [1.82, 2.24) is 4.90 Å². The molecule has 0 unspecified atom stereocenters. The normalized spacial score (nSPS) is 10.9. The first kappa shape index (κ1) is 11.1. The fourth-order valence-corrected chi connectivity index (χ4v) is 1.47. The van der Waals surface area contributed by atoms with Gasteiger partial charge in [-0.25, -0.2) is 0 Å². The molecule has 0 fully saturated rings. The lowest BCUT2D eigenvalue weighted by Crippen LogP contribution is -2.13. The van der Waals surface area contributed by atoms with Gasteiger partial charge in [0.05, 0.1) is 0 Å². The number of rotatable bonds is 4. The smallest absolute Gasteiger partial charge is 0.118 e. The summed E-state index contributed by atoms with van der Waals surface area (Å²) in [7, 11) is 4.17. The van der Waals surface area contributed by atoms with Gasteiger partial charge in [-0.05, 0) is 57.6 Å². The van der Waals surface area contributed by atoms with Crippen LogP contribution in [0.2, 0.25) is 0 Å². The first-order valence-corrected chi connectivity index (χ1v) is 5.03. The van der Waals surface area contributed by atoms with Crippen LogP contribution in [0.3, 0.4) is 0 Å². The first-order valence-electron chi connectivity index (χ1n) is 5.03. The highest BCUT2D eigenvalue weighted by Gasteiger charge is 1.98. The molecule has 2 nitrogen and oxygen atoms in total. The topological polar surface area (TPSA) is 23.5 Å². The van der Waals surface area contributed by atoms with Crippen LogP contribution in [0.25, 0.3) is 0 Å². The summed E-state index contributed by atoms with van der Waals surface area (Å²) in [6.45, 7) is 3.05. The van der Waals surface area contributed by atoms with E-state index in [0.717, 1.165) is 24.9 Å². The van der Waals surface area contributed by atoms with Crippen molar-refractivity contribution in [2.45, 2.75) is 19.8 Å². The number of nitrogens with zero attached hydrogens (tertiary/aromatic N) is 1. The van der Waals surface area contributed by atoms with Crippen LogP contribution in [0.15, 0.2) is 18.2 Å². The molecule has 0 aliphatic heterocycles. The largest absolute Gasteiger partial charge is 0.508 e. The van der Waals surface area contributed by atoms with Crippen molar-refractivity contribution in [3.63, 3.8) is 0 Å². The Bertz CT molecular complexity index is 294. The van der Waals surface area contributed by atoms with Gasteiger partial charge in [-0.15, -0.1) is 0 Å². The molecule has 1 N–H and O–H groups in total. The molecule has 2 heteroatoms. The second-order valence-electron chi connectivity index (χ2n) is 4.03. The number of aromatic hydroxyl groups is 1. The van der Waals surface area contributed by atoms with Crippen molar-refractivity contribution >= 4 is 0 Å². The second kappa shape index (κ2) is 5.01. The summed E-state index contributed by atoms with van der Waals surface area (Å²) in [6, 6.07) is 5.84. The minimum Gasteiger partial charge on any atom is -0.508 e. The van der Waals surface area contributed by atoms with Crippen molar-refractivity contribution in [2.75, 3.05) is 20.6 Å². The van der Waals surface area contributed by atoms with Gasteiger partial charge in [-0.1, -0.05) is 12.1 Å². The van der Waals surface area contributed by atoms with Gasteiger partial charge in [-0.2, -0.15) is 0 Å². The molecule has 1 rings (SSSR count). The van der Waals surface area contributed by atoms with Crippen LogP contribution in [0.1, 0.15) is 17.5 Å². The van der Waals surface area contributed by atoms with Gasteiger partial charge >= 0.3 is 0 Å². The summed E-state index contributed by atoms with van der Waals surface area (Å²) >= 11 is 0. The summed E-state index contributed by atoms with van der Waals surface area (Å²) in [5.74, 6) is 0.390. The molecule has 0 saturated carbocycles. The molecule has 0 aliphatic rings. The maximum Gasteiger partial charge on any atom is 0.118 e. The van der Waals surface area contributed by atoms with E-state index in [9.17, 15) is 5.11 Å². The van der Waals surface area contributed by atoms with E-state index in [1.54, 1.807) is 6.07 Å². The van der Waals surface area contributed by atoms with E-state index in [2.05, 4.69) is 25.1 Å². The van der Waals surface area contributed by atoms with E-state index in [0.29, 0.717) is 5.75 Å². The van der Waals surface area contributed by atoms with Crippen molar-refractivity contribution in [3.8, 4) is 5.75 Å². The van der Waals surface area contributed by atoms with E-state index in [4.69, 9.17) is 0 Å². The maximum absolute atomic E-state index is 9.35. The van der Waals surface area contributed by atoms with Crippen LogP contribution in [0.5, 0.6) is 5.75 Å². The first-order chi connectivity index (χ1) is 6.59. The van der Waals surface area contributed by atoms with Gasteiger partial charge in [0.2, 0.25) is 0 Å². The van der Waals surface area contributed by atoms with Gasteiger partial charge < -0.3 is 10.0 Å². The third-order valence-electron chi connectivity index (χ3n) is 2.33. The molecule has 0 spiro atoms.